The van der Waals surface area contributed by atoms with E-state index in [2.05, 4.69) is 54.4 Å². The molecule has 0 aromatic carbocycles. The van der Waals surface area contributed by atoms with Crippen LogP contribution in [0.2, 0.25) is 0 Å². The molecule has 3 aromatic rings. The van der Waals surface area contributed by atoms with Crippen LogP contribution >= 0.6 is 0 Å². The molecule has 0 aliphatic carbocycles. The zero-order chi connectivity index (χ0) is 21.8. The van der Waals surface area contributed by atoms with Crippen molar-refractivity contribution in [2.24, 2.45) is 5.92 Å². The average molecular weight is 424 g/mol. The van der Waals surface area contributed by atoms with Gasteiger partial charge in [0.15, 0.2) is 11.4 Å². The smallest absolute Gasteiger partial charge is 0.229 e. The maximum Gasteiger partial charge on any atom is 0.229 e. The Morgan fingerprint density at radius 1 is 1.10 bits per heavy atom. The van der Waals surface area contributed by atoms with E-state index in [1.165, 1.54) is 11.1 Å². The van der Waals surface area contributed by atoms with Crippen LogP contribution in [0.4, 0.5) is 5.82 Å². The third-order valence-corrected chi connectivity index (χ3v) is 6.62. The van der Waals surface area contributed by atoms with Gasteiger partial charge in [-0.2, -0.15) is 0 Å². The molecule has 7 heteroatoms. The quantitative estimate of drug-likeness (QED) is 0.629. The lowest BCUT2D eigenvalue weighted by atomic mass is 9.88. The minimum absolute atomic E-state index is 0.216. The van der Waals surface area contributed by atoms with Crippen molar-refractivity contribution < 1.29 is 9.15 Å². The van der Waals surface area contributed by atoms with Crippen molar-refractivity contribution in [2.75, 3.05) is 37.6 Å². The molecule has 1 fully saturated rings. The number of nitrogens with zero attached hydrogens (tertiary/aromatic N) is 5. The van der Waals surface area contributed by atoms with Gasteiger partial charge < -0.3 is 19.0 Å². The van der Waals surface area contributed by atoms with Crippen LogP contribution in [0.3, 0.4) is 0 Å². The first-order valence-electron chi connectivity index (χ1n) is 11.6. The van der Waals surface area contributed by atoms with Gasteiger partial charge in [-0.25, -0.2) is 15.0 Å². The van der Waals surface area contributed by atoms with E-state index in [0.717, 1.165) is 73.6 Å². The summed E-state index contributed by atoms with van der Waals surface area (Å²) in [7, 11) is 0. The molecule has 0 saturated carbocycles. The molecule has 0 amide bonds. The first kappa shape index (κ1) is 20.6. The minimum atomic E-state index is -0.216. The summed E-state index contributed by atoms with van der Waals surface area (Å²) >= 11 is 0. The summed E-state index contributed by atoms with van der Waals surface area (Å²) in [4.78, 5) is 19.1. The van der Waals surface area contributed by atoms with Crippen LogP contribution in [0.1, 0.15) is 51.4 Å². The molecule has 2 aliphatic rings. The summed E-state index contributed by atoms with van der Waals surface area (Å²) < 4.78 is 12.6. The molecule has 0 atom stereocenters. The molecule has 1 saturated heterocycles. The third-order valence-electron chi connectivity index (χ3n) is 6.62. The van der Waals surface area contributed by atoms with Crippen LogP contribution in [-0.4, -0.2) is 58.2 Å². The second kappa shape index (κ2) is 7.71. The summed E-state index contributed by atoms with van der Waals surface area (Å²) in [5.41, 5.74) is 5.73. The van der Waals surface area contributed by atoms with Crippen LogP contribution in [0, 0.1) is 5.92 Å². The molecule has 3 aromatic heterocycles. The molecule has 0 N–H and O–H groups in total. The zero-order valence-corrected chi connectivity index (χ0v) is 19.4. The number of hydrogen-bond acceptors (Lipinski definition) is 7. The van der Waals surface area contributed by atoms with Crippen LogP contribution in [-0.2, 0) is 24.2 Å². The number of furan rings is 1. The predicted molar refractivity (Wildman–Crippen MR) is 123 cm³/mol. The van der Waals surface area contributed by atoms with Gasteiger partial charge in [-0.1, -0.05) is 20.8 Å². The Labute approximate surface area is 183 Å². The Morgan fingerprint density at radius 3 is 2.58 bits per heavy atom. The molecule has 5 rings (SSSR count). The number of pyridine rings is 1. The normalized spacial score (nSPS) is 19.5. The van der Waals surface area contributed by atoms with Crippen molar-refractivity contribution in [2.45, 2.75) is 59.7 Å². The predicted octanol–water partition coefficient (Wildman–Crippen LogP) is 3.96. The van der Waals surface area contributed by atoms with Gasteiger partial charge in [0.25, 0.3) is 0 Å². The van der Waals surface area contributed by atoms with E-state index >= 15 is 0 Å². The maximum atomic E-state index is 6.41. The topological polar surface area (TPSA) is 67.5 Å². The molecule has 0 radical (unpaired) electrons. The number of aromatic nitrogens is 3. The van der Waals surface area contributed by atoms with E-state index in [0.29, 0.717) is 18.2 Å². The molecular weight excluding hydrogens is 390 g/mol. The molecule has 0 spiro atoms. The van der Waals surface area contributed by atoms with Crippen LogP contribution in [0.15, 0.2) is 10.7 Å². The first-order chi connectivity index (χ1) is 14.9. The fourth-order valence-corrected chi connectivity index (χ4v) is 4.92. The second-order valence-electron chi connectivity index (χ2n) is 9.92. The SMILES string of the molecule is CCN1CCN(c2ncnc3c2oc2nc(CC(C)C)c4c(c23)CC(C)(C)OC4)CC1. The Kier molecular flexibility index (Phi) is 5.13. The van der Waals surface area contributed by atoms with Gasteiger partial charge in [0, 0.05) is 38.2 Å². The largest absolute Gasteiger partial charge is 0.432 e. The molecule has 31 heavy (non-hydrogen) atoms. The van der Waals surface area contributed by atoms with E-state index in [-0.39, 0.29) is 5.60 Å². The molecule has 0 unspecified atom stereocenters. The highest BCUT2D eigenvalue weighted by molar-refractivity contribution is 6.06. The van der Waals surface area contributed by atoms with E-state index < -0.39 is 0 Å². The van der Waals surface area contributed by atoms with Gasteiger partial charge in [-0.15, -0.1) is 0 Å². The van der Waals surface area contributed by atoms with E-state index in [9.17, 15) is 0 Å². The Balaban J connectivity index is 1.68. The molecule has 7 nitrogen and oxygen atoms in total. The molecule has 5 heterocycles. The van der Waals surface area contributed by atoms with Gasteiger partial charge in [0.1, 0.15) is 11.8 Å². The highest BCUT2D eigenvalue weighted by Crippen LogP contribution is 2.40. The zero-order valence-electron chi connectivity index (χ0n) is 19.4. The molecule has 166 valence electrons. The Bertz CT molecular complexity index is 1110. The third kappa shape index (κ3) is 3.68. The highest BCUT2D eigenvalue weighted by Gasteiger charge is 2.33. The lowest BCUT2D eigenvalue weighted by molar-refractivity contribution is -0.0402. The number of piperazine rings is 1. The minimum Gasteiger partial charge on any atom is -0.432 e. The first-order valence-corrected chi connectivity index (χ1v) is 11.6. The molecule has 2 aliphatic heterocycles. The Hall–Kier alpha value is -2.25. The van der Waals surface area contributed by atoms with E-state index in [1.807, 2.05) is 0 Å². The second-order valence-corrected chi connectivity index (χ2v) is 9.92. The van der Waals surface area contributed by atoms with Gasteiger partial charge in [0.2, 0.25) is 5.71 Å². The van der Waals surface area contributed by atoms with Crippen molar-refractivity contribution in [1.29, 1.82) is 0 Å². The summed E-state index contributed by atoms with van der Waals surface area (Å²) in [5, 5.41) is 1.05. The standard InChI is InChI=1S/C24H33N5O2/c1-6-28-7-9-29(10-8-28)22-21-20(25-14-26-22)19-16-12-24(4,5)30-13-17(16)18(11-15(2)3)27-23(19)31-21/h14-15H,6-13H2,1-5H3. The Morgan fingerprint density at radius 2 is 1.87 bits per heavy atom. The number of ether oxygens (including phenoxy) is 1. The van der Waals surface area contributed by atoms with Crippen molar-refractivity contribution in [3.05, 3.63) is 23.1 Å². The summed E-state index contributed by atoms with van der Waals surface area (Å²) in [5.74, 6) is 1.41. The summed E-state index contributed by atoms with van der Waals surface area (Å²) in [6, 6.07) is 0. The van der Waals surface area contributed by atoms with Gasteiger partial charge in [-0.3, -0.25) is 0 Å². The highest BCUT2D eigenvalue weighted by atomic mass is 16.5. The maximum absolute atomic E-state index is 6.41. The van der Waals surface area contributed by atoms with E-state index in [4.69, 9.17) is 14.1 Å². The number of likely N-dealkylation sites (N-methyl/N-ethyl adjacent to an activating group) is 1. The van der Waals surface area contributed by atoms with Crippen LogP contribution in [0.5, 0.6) is 0 Å². The van der Waals surface area contributed by atoms with Crippen molar-refractivity contribution in [3.8, 4) is 0 Å². The van der Waals surface area contributed by atoms with Crippen molar-refractivity contribution in [1.82, 2.24) is 19.9 Å². The fourth-order valence-electron chi connectivity index (χ4n) is 4.92. The number of anilines is 1. The average Bonchev–Trinajstić information content (AvgIpc) is 3.11. The summed E-state index contributed by atoms with van der Waals surface area (Å²) in [6.07, 6.45) is 3.42. The molecular formula is C24H33N5O2. The number of fused-ring (bicyclic) bond motifs is 5. The van der Waals surface area contributed by atoms with Crippen molar-refractivity contribution >= 4 is 28.0 Å². The van der Waals surface area contributed by atoms with Crippen molar-refractivity contribution in [3.63, 3.8) is 0 Å². The van der Waals surface area contributed by atoms with Gasteiger partial charge >= 0.3 is 0 Å². The van der Waals surface area contributed by atoms with E-state index in [1.54, 1.807) is 6.33 Å². The summed E-state index contributed by atoms with van der Waals surface area (Å²) in [6.45, 7) is 16.6. The van der Waals surface area contributed by atoms with Gasteiger partial charge in [-0.05, 0) is 38.3 Å². The van der Waals surface area contributed by atoms with Gasteiger partial charge in [0.05, 0.1) is 23.3 Å². The fraction of sp³-hybridized carbons (Fsp3) is 0.625. The molecule has 0 bridgehead atoms. The monoisotopic (exact) mass is 423 g/mol. The van der Waals surface area contributed by atoms with Crippen LogP contribution in [0.25, 0.3) is 22.2 Å². The lowest BCUT2D eigenvalue weighted by Gasteiger charge is -2.34. The lowest BCUT2D eigenvalue weighted by Crippen LogP contribution is -2.46. The number of hydrogen-bond donors (Lipinski definition) is 0. The van der Waals surface area contributed by atoms with Crippen LogP contribution < -0.4 is 4.90 Å². The number of rotatable bonds is 4.